The number of pyridine rings is 1. The van der Waals surface area contributed by atoms with E-state index in [0.717, 1.165) is 34.9 Å². The summed E-state index contributed by atoms with van der Waals surface area (Å²) >= 11 is 0. The van der Waals surface area contributed by atoms with Crippen molar-refractivity contribution in [3.63, 3.8) is 0 Å². The summed E-state index contributed by atoms with van der Waals surface area (Å²) in [5.74, 6) is -0.387. The number of hydrogen-bond donors (Lipinski definition) is 0. The second kappa shape index (κ2) is 5.64. The molecule has 0 aliphatic carbocycles. The second-order valence-corrected chi connectivity index (χ2v) is 6.00. The third-order valence-electron chi connectivity index (χ3n) is 4.68. The molecule has 0 fully saturated rings. The van der Waals surface area contributed by atoms with Crippen LogP contribution in [0.1, 0.15) is 22.5 Å². The lowest BCUT2D eigenvalue weighted by Gasteiger charge is -2.13. The molecule has 0 saturated carbocycles. The fourth-order valence-corrected chi connectivity index (χ4v) is 3.55. The summed E-state index contributed by atoms with van der Waals surface area (Å²) in [5.41, 5.74) is 2.66. The Balaban J connectivity index is 2.05. The van der Waals surface area contributed by atoms with Gasteiger partial charge in [-0.1, -0.05) is 42.5 Å². The van der Waals surface area contributed by atoms with Gasteiger partial charge >= 0.3 is 5.97 Å². The van der Waals surface area contributed by atoms with Crippen LogP contribution in [-0.2, 0) is 17.7 Å². The Morgan fingerprint density at radius 1 is 1.08 bits per heavy atom. The van der Waals surface area contributed by atoms with Crippen molar-refractivity contribution in [2.24, 2.45) is 0 Å². The molecule has 0 N–H and O–H groups in total. The van der Waals surface area contributed by atoms with E-state index in [0.29, 0.717) is 17.7 Å². The highest BCUT2D eigenvalue weighted by Gasteiger charge is 2.24. The van der Waals surface area contributed by atoms with Crippen molar-refractivity contribution in [1.29, 1.82) is 0 Å². The zero-order chi connectivity index (χ0) is 16.7. The van der Waals surface area contributed by atoms with E-state index in [4.69, 9.17) is 4.74 Å². The first kappa shape index (κ1) is 14.7. The number of esters is 1. The number of benzene rings is 2. The Hall–Kier alpha value is -2.88. The predicted molar refractivity (Wildman–Crippen MR) is 93.3 cm³/mol. The SMILES string of the molecule is COC(=O)c1cc(-c2cccc3ccccc23)c(=O)n2c1CCC2. The molecule has 0 spiro atoms. The summed E-state index contributed by atoms with van der Waals surface area (Å²) in [6, 6.07) is 15.5. The van der Waals surface area contributed by atoms with Crippen molar-refractivity contribution in [2.45, 2.75) is 19.4 Å². The van der Waals surface area contributed by atoms with Crippen LogP contribution in [0.25, 0.3) is 21.9 Å². The van der Waals surface area contributed by atoms with E-state index in [1.165, 1.54) is 7.11 Å². The fraction of sp³-hybridized carbons (Fsp3) is 0.200. The lowest BCUT2D eigenvalue weighted by Crippen LogP contribution is -2.24. The molecule has 0 atom stereocenters. The standard InChI is InChI=1S/C20H17NO3/c1-24-20(23)17-12-16(19(22)21-11-5-10-18(17)21)15-9-4-7-13-6-2-3-8-14(13)15/h2-4,6-9,12H,5,10-11H2,1H3. The minimum absolute atomic E-state index is 0.0356. The number of hydrogen-bond acceptors (Lipinski definition) is 3. The van der Waals surface area contributed by atoms with Crippen molar-refractivity contribution in [2.75, 3.05) is 7.11 Å². The van der Waals surface area contributed by atoms with Crippen LogP contribution in [0.15, 0.2) is 53.3 Å². The highest BCUT2D eigenvalue weighted by atomic mass is 16.5. The van der Waals surface area contributed by atoms with Gasteiger partial charge in [0, 0.05) is 17.8 Å². The van der Waals surface area contributed by atoms with E-state index < -0.39 is 0 Å². The zero-order valence-corrected chi connectivity index (χ0v) is 13.4. The monoisotopic (exact) mass is 319 g/mol. The molecule has 0 unspecified atom stereocenters. The van der Waals surface area contributed by atoms with Crippen LogP contribution in [0.3, 0.4) is 0 Å². The van der Waals surface area contributed by atoms with E-state index in [9.17, 15) is 9.59 Å². The molecule has 4 heteroatoms. The maximum Gasteiger partial charge on any atom is 0.339 e. The van der Waals surface area contributed by atoms with Gasteiger partial charge in [-0.25, -0.2) is 4.79 Å². The van der Waals surface area contributed by atoms with Crippen molar-refractivity contribution >= 4 is 16.7 Å². The Kier molecular flexibility index (Phi) is 3.45. The van der Waals surface area contributed by atoms with Gasteiger partial charge in [-0.15, -0.1) is 0 Å². The topological polar surface area (TPSA) is 48.3 Å². The van der Waals surface area contributed by atoms with E-state index in [2.05, 4.69) is 0 Å². The third-order valence-corrected chi connectivity index (χ3v) is 4.68. The Morgan fingerprint density at radius 3 is 2.71 bits per heavy atom. The summed E-state index contributed by atoms with van der Waals surface area (Å²) in [6.07, 6.45) is 1.60. The van der Waals surface area contributed by atoms with Gasteiger partial charge in [0.1, 0.15) is 0 Å². The van der Waals surface area contributed by atoms with Gasteiger partial charge in [-0.05, 0) is 35.2 Å². The molecule has 24 heavy (non-hydrogen) atoms. The van der Waals surface area contributed by atoms with Crippen LogP contribution in [0, 0.1) is 0 Å². The van der Waals surface area contributed by atoms with Gasteiger partial charge in [0.25, 0.3) is 5.56 Å². The van der Waals surface area contributed by atoms with Crippen LogP contribution < -0.4 is 5.56 Å². The van der Waals surface area contributed by atoms with Crippen LogP contribution in [0.4, 0.5) is 0 Å². The van der Waals surface area contributed by atoms with Gasteiger partial charge in [-0.3, -0.25) is 4.79 Å². The fourth-order valence-electron chi connectivity index (χ4n) is 3.55. The van der Waals surface area contributed by atoms with Gasteiger partial charge in [0.05, 0.1) is 12.7 Å². The highest BCUT2D eigenvalue weighted by molar-refractivity contribution is 5.98. The molecule has 4 rings (SSSR count). The molecule has 0 saturated heterocycles. The number of carbonyl (C=O) groups is 1. The number of methoxy groups -OCH3 is 1. The average molecular weight is 319 g/mol. The van der Waals surface area contributed by atoms with Crippen LogP contribution in [0.5, 0.6) is 0 Å². The molecule has 2 heterocycles. The molecule has 120 valence electrons. The maximum absolute atomic E-state index is 13.0. The molecule has 1 aliphatic rings. The normalized spacial score (nSPS) is 13.0. The first-order valence-corrected chi connectivity index (χ1v) is 8.04. The molecular formula is C20H17NO3. The second-order valence-electron chi connectivity index (χ2n) is 6.00. The molecule has 4 nitrogen and oxygen atoms in total. The summed E-state index contributed by atoms with van der Waals surface area (Å²) in [4.78, 5) is 25.2. The highest BCUT2D eigenvalue weighted by Crippen LogP contribution is 2.29. The third kappa shape index (κ3) is 2.14. The number of nitrogens with zero attached hydrogens (tertiary/aromatic N) is 1. The van der Waals surface area contributed by atoms with Gasteiger partial charge in [0.15, 0.2) is 0 Å². The number of fused-ring (bicyclic) bond motifs is 2. The summed E-state index contributed by atoms with van der Waals surface area (Å²) in [7, 11) is 1.37. The molecule has 1 aliphatic heterocycles. The maximum atomic E-state index is 13.0. The van der Waals surface area contributed by atoms with Crippen molar-refractivity contribution in [3.8, 4) is 11.1 Å². The van der Waals surface area contributed by atoms with Gasteiger partial charge < -0.3 is 9.30 Å². The quantitative estimate of drug-likeness (QED) is 0.680. The molecule has 1 aromatic heterocycles. The summed E-state index contributed by atoms with van der Waals surface area (Å²) in [5, 5.41) is 2.07. The molecule has 2 aromatic carbocycles. The summed E-state index contributed by atoms with van der Waals surface area (Å²) < 4.78 is 6.65. The minimum atomic E-state index is -0.387. The number of ether oxygens (including phenoxy) is 1. The number of rotatable bonds is 2. The van der Waals surface area contributed by atoms with Crippen LogP contribution >= 0.6 is 0 Å². The first-order valence-electron chi connectivity index (χ1n) is 8.04. The largest absolute Gasteiger partial charge is 0.465 e. The number of aromatic nitrogens is 1. The number of carbonyl (C=O) groups excluding carboxylic acids is 1. The lowest BCUT2D eigenvalue weighted by atomic mass is 9.97. The van der Waals surface area contributed by atoms with E-state index >= 15 is 0 Å². The smallest absolute Gasteiger partial charge is 0.339 e. The summed E-state index contributed by atoms with van der Waals surface area (Å²) in [6.45, 7) is 0.650. The van der Waals surface area contributed by atoms with E-state index in [-0.39, 0.29) is 11.5 Å². The van der Waals surface area contributed by atoms with Crippen LogP contribution in [-0.4, -0.2) is 17.6 Å². The van der Waals surface area contributed by atoms with Gasteiger partial charge in [-0.2, -0.15) is 0 Å². The molecule has 0 amide bonds. The van der Waals surface area contributed by atoms with Crippen molar-refractivity contribution in [1.82, 2.24) is 4.57 Å². The Labute approximate surface area is 139 Å². The van der Waals surface area contributed by atoms with Crippen molar-refractivity contribution < 1.29 is 9.53 Å². The predicted octanol–water partition coefficient (Wildman–Crippen LogP) is 3.40. The lowest BCUT2D eigenvalue weighted by molar-refractivity contribution is 0.0598. The van der Waals surface area contributed by atoms with E-state index in [1.54, 1.807) is 10.6 Å². The zero-order valence-electron chi connectivity index (χ0n) is 13.4. The van der Waals surface area contributed by atoms with E-state index in [1.807, 2.05) is 42.5 Å². The Morgan fingerprint density at radius 2 is 1.88 bits per heavy atom. The average Bonchev–Trinajstić information content (AvgIpc) is 3.11. The first-order chi connectivity index (χ1) is 11.7. The molecule has 3 aromatic rings. The molecule has 0 radical (unpaired) electrons. The molecule has 0 bridgehead atoms. The van der Waals surface area contributed by atoms with Crippen LogP contribution in [0.2, 0.25) is 0 Å². The Bertz CT molecular complexity index is 1010. The molecular weight excluding hydrogens is 302 g/mol. The minimum Gasteiger partial charge on any atom is -0.465 e. The van der Waals surface area contributed by atoms with Crippen molar-refractivity contribution in [3.05, 3.63) is 70.1 Å². The van der Waals surface area contributed by atoms with Gasteiger partial charge in [0.2, 0.25) is 0 Å².